The van der Waals surface area contributed by atoms with Crippen molar-refractivity contribution in [2.45, 2.75) is 6.92 Å². The Hall–Kier alpha value is -0.280. The predicted octanol–water partition coefficient (Wildman–Crippen LogP) is 2.25. The van der Waals surface area contributed by atoms with Crippen molar-refractivity contribution in [2.75, 3.05) is 18.5 Å². The standard InChI is InChI=1S/C6H9ClN2S/c1-3-9(2)5-4-10-6(7)8-5/h4H,3H2,1-2H3. The number of hydrogen-bond acceptors (Lipinski definition) is 3. The maximum Gasteiger partial charge on any atom is 0.185 e. The first-order valence-electron chi connectivity index (χ1n) is 3.06. The van der Waals surface area contributed by atoms with E-state index in [4.69, 9.17) is 11.6 Å². The van der Waals surface area contributed by atoms with Gasteiger partial charge in [-0.25, -0.2) is 4.98 Å². The Kier molecular flexibility index (Phi) is 2.51. The molecule has 0 saturated heterocycles. The van der Waals surface area contributed by atoms with E-state index in [-0.39, 0.29) is 0 Å². The first kappa shape index (κ1) is 7.82. The van der Waals surface area contributed by atoms with Crippen LogP contribution in [0.5, 0.6) is 0 Å². The lowest BCUT2D eigenvalue weighted by Gasteiger charge is -2.11. The highest BCUT2D eigenvalue weighted by Gasteiger charge is 2.01. The molecule has 56 valence electrons. The second kappa shape index (κ2) is 3.21. The van der Waals surface area contributed by atoms with Crippen LogP contribution < -0.4 is 4.90 Å². The van der Waals surface area contributed by atoms with Crippen LogP contribution in [-0.4, -0.2) is 18.6 Å². The van der Waals surface area contributed by atoms with Gasteiger partial charge in [-0.05, 0) is 6.92 Å². The Bertz CT molecular complexity index is 211. The third-order valence-corrected chi connectivity index (χ3v) is 2.30. The van der Waals surface area contributed by atoms with Gasteiger partial charge < -0.3 is 4.90 Å². The lowest BCUT2D eigenvalue weighted by molar-refractivity contribution is 0.946. The molecule has 2 nitrogen and oxygen atoms in total. The summed E-state index contributed by atoms with van der Waals surface area (Å²) in [5.74, 6) is 0.956. The molecule has 0 N–H and O–H groups in total. The molecule has 10 heavy (non-hydrogen) atoms. The topological polar surface area (TPSA) is 16.1 Å². The highest BCUT2D eigenvalue weighted by molar-refractivity contribution is 7.14. The highest BCUT2D eigenvalue weighted by Crippen LogP contribution is 2.20. The number of halogens is 1. The minimum absolute atomic E-state index is 0.607. The van der Waals surface area contributed by atoms with Gasteiger partial charge in [-0.2, -0.15) is 0 Å². The van der Waals surface area contributed by atoms with E-state index in [0.29, 0.717) is 4.47 Å². The molecule has 1 rings (SSSR count). The lowest BCUT2D eigenvalue weighted by Crippen LogP contribution is -2.15. The van der Waals surface area contributed by atoms with E-state index in [1.165, 1.54) is 11.3 Å². The average Bonchev–Trinajstić information content (AvgIpc) is 2.34. The molecule has 0 bridgehead atoms. The van der Waals surface area contributed by atoms with E-state index >= 15 is 0 Å². The van der Waals surface area contributed by atoms with Crippen molar-refractivity contribution in [3.63, 3.8) is 0 Å². The molecule has 1 aromatic rings. The van der Waals surface area contributed by atoms with Crippen molar-refractivity contribution in [1.82, 2.24) is 4.98 Å². The van der Waals surface area contributed by atoms with Gasteiger partial charge in [0.1, 0.15) is 5.82 Å². The Labute approximate surface area is 69.4 Å². The summed E-state index contributed by atoms with van der Waals surface area (Å²) in [7, 11) is 1.99. The van der Waals surface area contributed by atoms with Gasteiger partial charge in [0.2, 0.25) is 0 Å². The third-order valence-electron chi connectivity index (χ3n) is 1.33. The summed E-state index contributed by atoms with van der Waals surface area (Å²) in [5.41, 5.74) is 0. The molecule has 0 aliphatic rings. The van der Waals surface area contributed by atoms with Gasteiger partial charge in [-0.15, -0.1) is 11.3 Å². The second-order valence-corrected chi connectivity index (χ2v) is 3.41. The number of aromatic nitrogens is 1. The summed E-state index contributed by atoms with van der Waals surface area (Å²) in [5, 5.41) is 1.95. The van der Waals surface area contributed by atoms with Crippen LogP contribution in [0, 0.1) is 0 Å². The van der Waals surface area contributed by atoms with Gasteiger partial charge in [0.05, 0.1) is 0 Å². The number of rotatable bonds is 2. The minimum atomic E-state index is 0.607. The maximum atomic E-state index is 5.64. The molecular formula is C6H9ClN2S. The normalized spacial score (nSPS) is 9.90. The Morgan fingerprint density at radius 2 is 2.50 bits per heavy atom. The fourth-order valence-electron chi connectivity index (χ4n) is 0.581. The van der Waals surface area contributed by atoms with Crippen molar-refractivity contribution in [2.24, 2.45) is 0 Å². The molecule has 0 amide bonds. The van der Waals surface area contributed by atoms with Crippen LogP contribution in [0.1, 0.15) is 6.92 Å². The van der Waals surface area contributed by atoms with E-state index < -0.39 is 0 Å². The van der Waals surface area contributed by atoms with Crippen molar-refractivity contribution < 1.29 is 0 Å². The van der Waals surface area contributed by atoms with Crippen LogP contribution >= 0.6 is 22.9 Å². The van der Waals surface area contributed by atoms with Crippen LogP contribution in [0.25, 0.3) is 0 Å². The summed E-state index contributed by atoms with van der Waals surface area (Å²) < 4.78 is 0.607. The van der Waals surface area contributed by atoms with Crippen molar-refractivity contribution in [3.8, 4) is 0 Å². The van der Waals surface area contributed by atoms with Crippen molar-refractivity contribution in [3.05, 3.63) is 9.85 Å². The lowest BCUT2D eigenvalue weighted by atomic mass is 10.6. The summed E-state index contributed by atoms with van der Waals surface area (Å²) >= 11 is 7.10. The van der Waals surface area contributed by atoms with Gasteiger partial charge in [0.25, 0.3) is 0 Å². The zero-order valence-electron chi connectivity index (χ0n) is 5.97. The average molecular weight is 177 g/mol. The minimum Gasteiger partial charge on any atom is -0.359 e. The SMILES string of the molecule is CCN(C)c1csc(Cl)n1. The number of hydrogen-bond donors (Lipinski definition) is 0. The number of thiazole rings is 1. The van der Waals surface area contributed by atoms with Crippen LogP contribution in [0.2, 0.25) is 4.47 Å². The van der Waals surface area contributed by atoms with Crippen LogP contribution in [-0.2, 0) is 0 Å². The van der Waals surface area contributed by atoms with E-state index in [9.17, 15) is 0 Å². The van der Waals surface area contributed by atoms with Gasteiger partial charge in [0, 0.05) is 19.0 Å². The molecule has 0 saturated carbocycles. The quantitative estimate of drug-likeness (QED) is 0.687. The molecule has 0 unspecified atom stereocenters. The second-order valence-electron chi connectivity index (χ2n) is 1.97. The van der Waals surface area contributed by atoms with E-state index in [0.717, 1.165) is 12.4 Å². The largest absolute Gasteiger partial charge is 0.359 e. The smallest absolute Gasteiger partial charge is 0.185 e. The van der Waals surface area contributed by atoms with Crippen LogP contribution in [0.3, 0.4) is 0 Å². The first-order valence-corrected chi connectivity index (χ1v) is 4.32. The maximum absolute atomic E-state index is 5.64. The fraction of sp³-hybridized carbons (Fsp3) is 0.500. The molecular weight excluding hydrogens is 168 g/mol. The molecule has 0 spiro atoms. The molecule has 4 heteroatoms. The molecule has 0 aromatic carbocycles. The fourth-order valence-corrected chi connectivity index (χ4v) is 1.38. The van der Waals surface area contributed by atoms with E-state index in [2.05, 4.69) is 11.9 Å². The zero-order chi connectivity index (χ0) is 7.56. The Morgan fingerprint density at radius 1 is 1.80 bits per heavy atom. The number of nitrogens with zero attached hydrogens (tertiary/aromatic N) is 2. The van der Waals surface area contributed by atoms with E-state index in [1.54, 1.807) is 0 Å². The van der Waals surface area contributed by atoms with Gasteiger partial charge in [-0.3, -0.25) is 0 Å². The molecule has 0 aliphatic carbocycles. The van der Waals surface area contributed by atoms with Gasteiger partial charge >= 0.3 is 0 Å². The third kappa shape index (κ3) is 1.61. The Morgan fingerprint density at radius 3 is 2.90 bits per heavy atom. The summed E-state index contributed by atoms with van der Waals surface area (Å²) in [6, 6.07) is 0. The Balaban J connectivity index is 2.74. The van der Waals surface area contributed by atoms with Crippen LogP contribution in [0.4, 0.5) is 5.82 Å². The highest BCUT2D eigenvalue weighted by atomic mass is 35.5. The van der Waals surface area contributed by atoms with E-state index in [1.807, 2.05) is 17.3 Å². The molecule has 1 aromatic heterocycles. The molecule has 0 atom stereocenters. The van der Waals surface area contributed by atoms with Crippen molar-refractivity contribution in [1.29, 1.82) is 0 Å². The zero-order valence-corrected chi connectivity index (χ0v) is 7.54. The monoisotopic (exact) mass is 176 g/mol. The molecule has 0 radical (unpaired) electrons. The molecule has 0 fully saturated rings. The van der Waals surface area contributed by atoms with Crippen LogP contribution in [0.15, 0.2) is 5.38 Å². The van der Waals surface area contributed by atoms with Crippen molar-refractivity contribution >= 4 is 28.8 Å². The summed E-state index contributed by atoms with van der Waals surface area (Å²) in [4.78, 5) is 6.14. The predicted molar refractivity (Wildman–Crippen MR) is 46.1 cm³/mol. The molecule has 1 heterocycles. The summed E-state index contributed by atoms with van der Waals surface area (Å²) in [6.45, 7) is 3.04. The van der Waals surface area contributed by atoms with Gasteiger partial charge in [0.15, 0.2) is 4.47 Å². The molecule has 0 aliphatic heterocycles. The number of anilines is 1. The summed E-state index contributed by atoms with van der Waals surface area (Å²) in [6.07, 6.45) is 0. The van der Waals surface area contributed by atoms with Gasteiger partial charge in [-0.1, -0.05) is 11.6 Å². The first-order chi connectivity index (χ1) is 4.74.